The molecule has 1 aromatic heterocycles. The predicted molar refractivity (Wildman–Crippen MR) is 79.1 cm³/mol. The highest BCUT2D eigenvalue weighted by Gasteiger charge is 2.24. The van der Waals surface area contributed by atoms with Gasteiger partial charge in [0.25, 0.3) is 0 Å². The molecule has 0 aliphatic carbocycles. The average molecular weight is 319 g/mol. The number of rotatable bonds is 2. The molecule has 1 N–H and O–H groups in total. The van der Waals surface area contributed by atoms with Crippen LogP contribution in [0.25, 0.3) is 0 Å². The summed E-state index contributed by atoms with van der Waals surface area (Å²) in [6.07, 6.45) is 3.40. The molecule has 0 spiro atoms. The van der Waals surface area contributed by atoms with Crippen molar-refractivity contribution in [1.29, 1.82) is 0 Å². The fraction of sp³-hybridized carbons (Fsp3) is 0.286. The molecule has 98 valence electrons. The summed E-state index contributed by atoms with van der Waals surface area (Å²) in [5.74, 6) is 0.987. The minimum absolute atomic E-state index is 0.307. The Morgan fingerprint density at radius 1 is 1.32 bits per heavy atom. The van der Waals surface area contributed by atoms with E-state index in [9.17, 15) is 0 Å². The second-order valence-corrected chi connectivity index (χ2v) is 5.45. The smallest absolute Gasteiger partial charge is 0.132 e. The third-order valence-corrected chi connectivity index (χ3v) is 3.83. The molecular weight excluding hydrogens is 304 g/mol. The van der Waals surface area contributed by atoms with Crippen molar-refractivity contribution in [2.45, 2.75) is 6.04 Å². The van der Waals surface area contributed by atoms with Gasteiger partial charge in [0, 0.05) is 30.3 Å². The lowest BCUT2D eigenvalue weighted by Gasteiger charge is -2.37. The Kier molecular flexibility index (Phi) is 3.75. The lowest BCUT2D eigenvalue weighted by atomic mass is 10.0. The summed E-state index contributed by atoms with van der Waals surface area (Å²) >= 11 is 3.54. The first kappa shape index (κ1) is 12.6. The van der Waals surface area contributed by atoms with E-state index < -0.39 is 0 Å². The fourth-order valence-corrected chi connectivity index (χ4v) is 2.86. The van der Waals surface area contributed by atoms with Crippen LogP contribution in [0.3, 0.4) is 0 Å². The molecule has 4 nitrogen and oxygen atoms in total. The number of halogens is 1. The van der Waals surface area contributed by atoms with Crippen molar-refractivity contribution in [2.24, 2.45) is 0 Å². The topological polar surface area (TPSA) is 41.0 Å². The Morgan fingerprint density at radius 3 is 3.05 bits per heavy atom. The first-order valence-electron chi connectivity index (χ1n) is 6.33. The Morgan fingerprint density at radius 2 is 2.26 bits per heavy atom. The van der Waals surface area contributed by atoms with Gasteiger partial charge in [-0.1, -0.05) is 28.1 Å². The molecule has 0 bridgehead atoms. The van der Waals surface area contributed by atoms with Crippen LogP contribution in [0.5, 0.6) is 0 Å². The Labute approximate surface area is 121 Å². The van der Waals surface area contributed by atoms with Crippen LogP contribution in [0, 0.1) is 0 Å². The van der Waals surface area contributed by atoms with Crippen molar-refractivity contribution in [2.75, 3.05) is 24.5 Å². The van der Waals surface area contributed by atoms with Gasteiger partial charge in [-0.15, -0.1) is 0 Å². The highest BCUT2D eigenvalue weighted by atomic mass is 79.9. The molecular formula is C14H15BrN4. The maximum Gasteiger partial charge on any atom is 0.132 e. The molecule has 0 radical (unpaired) electrons. The Hall–Kier alpha value is -1.46. The van der Waals surface area contributed by atoms with E-state index in [2.05, 4.69) is 60.4 Å². The third-order valence-electron chi connectivity index (χ3n) is 3.34. The zero-order chi connectivity index (χ0) is 13.1. The second kappa shape index (κ2) is 5.67. The quantitative estimate of drug-likeness (QED) is 0.923. The van der Waals surface area contributed by atoms with Crippen molar-refractivity contribution in [3.8, 4) is 0 Å². The van der Waals surface area contributed by atoms with Gasteiger partial charge < -0.3 is 10.2 Å². The number of piperazine rings is 1. The molecule has 5 heteroatoms. The fourth-order valence-electron chi connectivity index (χ4n) is 2.44. The Bertz CT molecular complexity index is 546. The van der Waals surface area contributed by atoms with Crippen LogP contribution in [-0.2, 0) is 0 Å². The van der Waals surface area contributed by atoms with Crippen LogP contribution < -0.4 is 10.2 Å². The van der Waals surface area contributed by atoms with Crippen molar-refractivity contribution in [1.82, 2.24) is 15.3 Å². The summed E-state index contributed by atoms with van der Waals surface area (Å²) in [5, 5.41) is 3.45. The van der Waals surface area contributed by atoms with Gasteiger partial charge in [-0.2, -0.15) is 0 Å². The molecule has 2 heterocycles. The average Bonchev–Trinajstić information content (AvgIpc) is 2.48. The highest BCUT2D eigenvalue weighted by Crippen LogP contribution is 2.28. The molecule has 1 fully saturated rings. The zero-order valence-electron chi connectivity index (χ0n) is 10.5. The summed E-state index contributed by atoms with van der Waals surface area (Å²) in [6.45, 7) is 2.86. The number of nitrogens with zero attached hydrogens (tertiary/aromatic N) is 3. The number of hydrogen-bond donors (Lipinski definition) is 1. The van der Waals surface area contributed by atoms with Gasteiger partial charge in [0.1, 0.15) is 12.1 Å². The van der Waals surface area contributed by atoms with Gasteiger partial charge in [-0.3, -0.25) is 0 Å². The van der Waals surface area contributed by atoms with Crippen LogP contribution in [0.2, 0.25) is 0 Å². The summed E-state index contributed by atoms with van der Waals surface area (Å²) in [6, 6.07) is 10.7. The molecule has 1 unspecified atom stereocenters. The van der Waals surface area contributed by atoms with Gasteiger partial charge in [0.15, 0.2) is 0 Å². The normalized spacial score (nSPS) is 19.4. The van der Waals surface area contributed by atoms with Gasteiger partial charge in [0.05, 0.1) is 6.04 Å². The first-order valence-corrected chi connectivity index (χ1v) is 7.13. The minimum atomic E-state index is 0.307. The van der Waals surface area contributed by atoms with Crippen LogP contribution in [0.1, 0.15) is 11.6 Å². The Balaban J connectivity index is 1.93. The number of aromatic nitrogens is 2. The van der Waals surface area contributed by atoms with E-state index >= 15 is 0 Å². The lowest BCUT2D eigenvalue weighted by molar-refractivity contribution is 0.486. The van der Waals surface area contributed by atoms with E-state index in [1.165, 1.54) is 5.56 Å². The standard InChI is InChI=1S/C14H15BrN4/c15-12-3-1-2-11(8-12)13-9-16-6-7-19(13)14-4-5-17-10-18-14/h1-5,8,10,13,16H,6-7,9H2. The molecule has 1 aliphatic heterocycles. The van der Waals surface area contributed by atoms with Crippen molar-refractivity contribution >= 4 is 21.7 Å². The van der Waals surface area contributed by atoms with Crippen molar-refractivity contribution in [3.63, 3.8) is 0 Å². The molecule has 1 aliphatic rings. The van der Waals surface area contributed by atoms with Gasteiger partial charge >= 0.3 is 0 Å². The second-order valence-electron chi connectivity index (χ2n) is 4.54. The lowest BCUT2D eigenvalue weighted by Crippen LogP contribution is -2.46. The van der Waals surface area contributed by atoms with E-state index in [1.807, 2.05) is 6.07 Å². The molecule has 1 atom stereocenters. The molecule has 19 heavy (non-hydrogen) atoms. The summed E-state index contributed by atoms with van der Waals surface area (Å²) in [4.78, 5) is 10.7. The maximum atomic E-state index is 4.38. The number of benzene rings is 1. The summed E-state index contributed by atoms with van der Waals surface area (Å²) in [5.41, 5.74) is 1.29. The molecule has 0 saturated carbocycles. The van der Waals surface area contributed by atoms with Gasteiger partial charge in [-0.25, -0.2) is 9.97 Å². The zero-order valence-corrected chi connectivity index (χ0v) is 12.0. The van der Waals surface area contributed by atoms with Crippen LogP contribution in [0.15, 0.2) is 47.3 Å². The molecule has 2 aromatic rings. The first-order chi connectivity index (χ1) is 9.34. The van der Waals surface area contributed by atoms with E-state index in [0.29, 0.717) is 6.04 Å². The molecule has 0 amide bonds. The minimum Gasteiger partial charge on any atom is -0.347 e. The molecule has 1 aromatic carbocycles. The summed E-state index contributed by atoms with van der Waals surface area (Å²) in [7, 11) is 0. The van der Waals surface area contributed by atoms with Crippen molar-refractivity contribution < 1.29 is 0 Å². The van der Waals surface area contributed by atoms with Gasteiger partial charge in [0.2, 0.25) is 0 Å². The van der Waals surface area contributed by atoms with Crippen LogP contribution >= 0.6 is 15.9 Å². The summed E-state index contributed by atoms with van der Waals surface area (Å²) < 4.78 is 1.11. The largest absolute Gasteiger partial charge is 0.347 e. The molecule has 1 saturated heterocycles. The monoisotopic (exact) mass is 318 g/mol. The maximum absolute atomic E-state index is 4.38. The molecule has 3 rings (SSSR count). The van der Waals surface area contributed by atoms with E-state index in [1.54, 1.807) is 12.5 Å². The van der Waals surface area contributed by atoms with Crippen LogP contribution in [-0.4, -0.2) is 29.6 Å². The number of hydrogen-bond acceptors (Lipinski definition) is 4. The third kappa shape index (κ3) is 2.77. The van der Waals surface area contributed by atoms with E-state index in [0.717, 1.165) is 29.9 Å². The van der Waals surface area contributed by atoms with Gasteiger partial charge in [-0.05, 0) is 23.8 Å². The number of nitrogens with one attached hydrogen (secondary N) is 1. The predicted octanol–water partition coefficient (Wildman–Crippen LogP) is 2.39. The highest BCUT2D eigenvalue weighted by molar-refractivity contribution is 9.10. The SMILES string of the molecule is Brc1cccc(C2CNCCN2c2ccncn2)c1. The van der Waals surface area contributed by atoms with Crippen LogP contribution in [0.4, 0.5) is 5.82 Å². The van der Waals surface area contributed by atoms with E-state index in [4.69, 9.17) is 0 Å². The number of anilines is 1. The van der Waals surface area contributed by atoms with Crippen molar-refractivity contribution in [3.05, 3.63) is 52.9 Å². The van der Waals surface area contributed by atoms with E-state index in [-0.39, 0.29) is 0 Å².